The number of carbonyl (C=O) groups is 3. The van der Waals surface area contributed by atoms with Gasteiger partial charge in [0, 0.05) is 53.0 Å². The summed E-state index contributed by atoms with van der Waals surface area (Å²) in [4.78, 5) is 48.3. The summed E-state index contributed by atoms with van der Waals surface area (Å²) in [6.07, 6.45) is 12.0. The summed E-state index contributed by atoms with van der Waals surface area (Å²) in [6, 6.07) is 5.51. The van der Waals surface area contributed by atoms with Gasteiger partial charge in [-0.15, -0.1) is 0 Å². The highest BCUT2D eigenvalue weighted by molar-refractivity contribution is 6.30. The number of aromatic amines is 3. The van der Waals surface area contributed by atoms with Crippen molar-refractivity contribution < 1.29 is 29.7 Å². The molecule has 12 N–H and O–H groups in total. The highest BCUT2D eigenvalue weighted by Gasteiger charge is 2.36. The zero-order valence-corrected chi connectivity index (χ0v) is 40.3. The first-order valence-electron chi connectivity index (χ1n) is 24.0. The second-order valence-electron chi connectivity index (χ2n) is 19.4. The molecule has 0 saturated heterocycles. The van der Waals surface area contributed by atoms with E-state index in [9.17, 15) is 29.7 Å². The molecule has 0 amide bonds. The van der Waals surface area contributed by atoms with Gasteiger partial charge in [-0.25, -0.2) is 0 Å². The van der Waals surface area contributed by atoms with Crippen molar-refractivity contribution in [1.82, 2.24) is 44.3 Å². The van der Waals surface area contributed by atoms with Gasteiger partial charge in [-0.2, -0.15) is 29.3 Å². The van der Waals surface area contributed by atoms with Crippen LogP contribution < -0.4 is 17.2 Å². The fourth-order valence-electron chi connectivity index (χ4n) is 11.3. The van der Waals surface area contributed by atoms with Gasteiger partial charge in [-0.05, 0) is 131 Å². The molecule has 374 valence electrons. The minimum atomic E-state index is -0.401. The normalized spacial score (nSPS) is 23.1. The van der Waals surface area contributed by atoms with Crippen LogP contribution in [0.5, 0.6) is 0 Å². The predicted octanol–water partition coefficient (Wildman–Crippen LogP) is 6.81. The number of aliphatic hydroxyl groups excluding tert-OH is 3. The Bertz CT molecular complexity index is 2650. The average Bonchev–Trinajstić information content (AvgIpc) is 4.19. The number of nitrogens with two attached hydrogens (primary N) is 3. The SMILES string of the molecule is C.Nc1c2c(nn1C(=O)C1CCCc3[nH]c(Cl)cc31)CC[C@@H](O)C2.Nc1c2c(nn1C(=O)[C@@H]1CCCc3[nH]c(Cl)cc31)CC[C@@H](O)C2.Nc1c2c(nn1C(=O)[C@H]1CCCc3[nH]c(Cl)cc31)CC[C@@H](O)C2. The molecule has 12 rings (SSSR count). The molecule has 1 unspecified atom stereocenters. The van der Waals surface area contributed by atoms with Crippen molar-refractivity contribution in [1.29, 1.82) is 0 Å². The standard InChI is InChI=1S/3C16H19ClN4O2.CH4/c3*17-14-7-10-9(2-1-3-12(10)19-14)16(23)21-15(18)11-6-8(22)4-5-13(11)20-21;/h3*7-9,19,22H,1-6,18H2;1H4/t8-,9?;8-,9+;8-,9-;/m111./s1. The molecule has 0 saturated carbocycles. The lowest BCUT2D eigenvalue weighted by Gasteiger charge is -2.21. The van der Waals surface area contributed by atoms with Crippen LogP contribution >= 0.6 is 34.8 Å². The Morgan fingerprint density at radius 1 is 0.486 bits per heavy atom. The van der Waals surface area contributed by atoms with Gasteiger partial charge in [0.05, 0.1) is 53.1 Å². The molecule has 6 heterocycles. The molecule has 6 atom stereocenters. The Labute approximate surface area is 419 Å². The Balaban J connectivity index is 0.000000129. The molecule has 0 bridgehead atoms. The zero-order valence-electron chi connectivity index (χ0n) is 38.0. The molecule has 6 aliphatic rings. The fourth-order valence-corrected chi connectivity index (χ4v) is 12.0. The van der Waals surface area contributed by atoms with Crippen LogP contribution in [0.4, 0.5) is 17.5 Å². The number of halogens is 3. The lowest BCUT2D eigenvalue weighted by molar-refractivity contribution is 0.0846. The highest BCUT2D eigenvalue weighted by Crippen LogP contribution is 2.39. The maximum absolute atomic E-state index is 13.0. The molecule has 6 aromatic heterocycles. The van der Waals surface area contributed by atoms with Crippen molar-refractivity contribution in [3.8, 4) is 0 Å². The number of fused-ring (bicyclic) bond motifs is 6. The van der Waals surface area contributed by atoms with Crippen molar-refractivity contribution in [3.05, 3.63) is 101 Å². The third kappa shape index (κ3) is 9.34. The second kappa shape index (κ2) is 20.0. The number of hydrogen-bond donors (Lipinski definition) is 9. The number of anilines is 3. The van der Waals surface area contributed by atoms with E-state index in [1.807, 2.05) is 18.2 Å². The molecule has 18 nitrogen and oxygen atoms in total. The summed E-state index contributed by atoms with van der Waals surface area (Å²) >= 11 is 18.2. The largest absolute Gasteiger partial charge is 0.393 e. The molecule has 0 spiro atoms. The molecule has 0 radical (unpaired) electrons. The topological polar surface area (TPSA) is 291 Å². The van der Waals surface area contributed by atoms with Gasteiger partial charge >= 0.3 is 0 Å². The molecule has 0 fully saturated rings. The van der Waals surface area contributed by atoms with E-state index in [0.29, 0.717) is 90.7 Å². The zero-order chi connectivity index (χ0) is 48.4. The van der Waals surface area contributed by atoms with E-state index < -0.39 is 18.3 Å². The van der Waals surface area contributed by atoms with E-state index in [1.54, 1.807) is 0 Å². The molecule has 70 heavy (non-hydrogen) atoms. The molecule has 6 aliphatic carbocycles. The number of H-pyrrole nitrogens is 3. The number of aromatic nitrogens is 9. The first-order valence-corrected chi connectivity index (χ1v) is 25.1. The Kier molecular flexibility index (Phi) is 14.2. The summed E-state index contributed by atoms with van der Waals surface area (Å²) < 4.78 is 4.01. The lowest BCUT2D eigenvalue weighted by atomic mass is 9.86. The lowest BCUT2D eigenvalue weighted by Crippen LogP contribution is -2.25. The van der Waals surface area contributed by atoms with Crippen LogP contribution in [0, 0.1) is 0 Å². The van der Waals surface area contributed by atoms with Crippen LogP contribution in [0.25, 0.3) is 0 Å². The smallest absolute Gasteiger partial charge is 0.256 e. The van der Waals surface area contributed by atoms with Gasteiger partial charge in [0.1, 0.15) is 32.9 Å². The van der Waals surface area contributed by atoms with Gasteiger partial charge in [0.2, 0.25) is 0 Å². The number of carbonyl (C=O) groups excluding carboxylic acids is 3. The molecular formula is C49H61Cl3N12O6. The van der Waals surface area contributed by atoms with Gasteiger partial charge in [-0.1, -0.05) is 42.2 Å². The van der Waals surface area contributed by atoms with E-state index in [-0.39, 0.29) is 42.9 Å². The van der Waals surface area contributed by atoms with E-state index in [4.69, 9.17) is 52.0 Å². The summed E-state index contributed by atoms with van der Waals surface area (Å²) in [5.41, 5.74) is 29.4. The molecule has 21 heteroatoms. The van der Waals surface area contributed by atoms with Crippen molar-refractivity contribution in [2.24, 2.45) is 0 Å². The Hall–Kier alpha value is -5.37. The quantitative estimate of drug-likeness (QED) is 0.0884. The predicted molar refractivity (Wildman–Crippen MR) is 267 cm³/mol. The second-order valence-corrected chi connectivity index (χ2v) is 20.6. The average molecular weight is 1020 g/mol. The molecule has 6 aromatic rings. The van der Waals surface area contributed by atoms with Crippen LogP contribution in [-0.4, -0.2) is 95.6 Å². The third-order valence-electron chi connectivity index (χ3n) is 14.9. The van der Waals surface area contributed by atoms with Gasteiger partial charge in [0.15, 0.2) is 0 Å². The van der Waals surface area contributed by atoms with Gasteiger partial charge < -0.3 is 47.5 Å². The minimum Gasteiger partial charge on any atom is -0.393 e. The van der Waals surface area contributed by atoms with E-state index >= 15 is 0 Å². The minimum absolute atomic E-state index is 0. The van der Waals surface area contributed by atoms with Crippen molar-refractivity contribution in [3.63, 3.8) is 0 Å². The van der Waals surface area contributed by atoms with Crippen molar-refractivity contribution in [2.75, 3.05) is 17.2 Å². The van der Waals surface area contributed by atoms with Gasteiger partial charge in [0.25, 0.3) is 17.7 Å². The fraction of sp³-hybridized carbons (Fsp3) is 0.510. The first kappa shape index (κ1) is 49.6. The summed E-state index contributed by atoms with van der Waals surface area (Å²) in [7, 11) is 0. The number of nitrogens with zero attached hydrogens (tertiary/aromatic N) is 6. The van der Waals surface area contributed by atoms with Crippen molar-refractivity contribution >= 4 is 70.0 Å². The first-order chi connectivity index (χ1) is 33.1. The number of nitrogen functional groups attached to an aromatic ring is 3. The third-order valence-corrected chi connectivity index (χ3v) is 15.5. The Morgan fingerprint density at radius 2 is 0.757 bits per heavy atom. The van der Waals surface area contributed by atoms with Crippen molar-refractivity contribution in [2.45, 2.75) is 159 Å². The van der Waals surface area contributed by atoms with E-state index in [2.05, 4.69) is 30.2 Å². The molecular weight excluding hydrogens is 959 g/mol. The van der Waals surface area contributed by atoms with Crippen LogP contribution in [0.3, 0.4) is 0 Å². The molecule has 0 aliphatic heterocycles. The Morgan fingerprint density at radius 3 is 1.03 bits per heavy atom. The van der Waals surface area contributed by atoms with Crippen LogP contribution in [0.2, 0.25) is 15.5 Å². The number of nitrogens with one attached hydrogen (secondary N) is 3. The van der Waals surface area contributed by atoms with Crippen LogP contribution in [0.1, 0.15) is 165 Å². The summed E-state index contributed by atoms with van der Waals surface area (Å²) in [5.74, 6) is -0.00947. The molecule has 0 aromatic carbocycles. The summed E-state index contributed by atoms with van der Waals surface area (Å²) in [5, 5.41) is 44.4. The monoisotopic (exact) mass is 1020 g/mol. The maximum atomic E-state index is 13.0. The van der Waals surface area contributed by atoms with E-state index in [1.165, 1.54) is 14.0 Å². The maximum Gasteiger partial charge on any atom is 0.256 e. The van der Waals surface area contributed by atoms with Gasteiger partial charge in [-0.3, -0.25) is 14.4 Å². The highest BCUT2D eigenvalue weighted by atomic mass is 35.5. The summed E-state index contributed by atoms with van der Waals surface area (Å²) in [6.45, 7) is 0. The number of aryl methyl sites for hydroxylation is 6. The number of rotatable bonds is 3. The number of hydrogen-bond acceptors (Lipinski definition) is 12. The van der Waals surface area contributed by atoms with E-state index in [0.717, 1.165) is 125 Å². The number of aliphatic hydroxyl groups is 3. The van der Waals surface area contributed by atoms with Crippen LogP contribution in [-0.2, 0) is 57.8 Å². The van der Waals surface area contributed by atoms with Crippen LogP contribution in [0.15, 0.2) is 18.2 Å².